The molecule has 1 aliphatic rings. The van der Waals surface area contributed by atoms with Crippen molar-refractivity contribution in [1.82, 2.24) is 15.8 Å². The third kappa shape index (κ3) is 3.54. The highest BCUT2D eigenvalue weighted by molar-refractivity contribution is 6.02. The van der Waals surface area contributed by atoms with Crippen molar-refractivity contribution in [2.75, 3.05) is 6.54 Å². The van der Waals surface area contributed by atoms with E-state index in [1.54, 1.807) is 0 Å². The molecule has 2 N–H and O–H groups in total. The van der Waals surface area contributed by atoms with Crippen molar-refractivity contribution in [3.63, 3.8) is 0 Å². The van der Waals surface area contributed by atoms with E-state index < -0.39 is 11.9 Å². The second kappa shape index (κ2) is 5.51. The first-order valence-electron chi connectivity index (χ1n) is 6.01. The zero-order valence-electron chi connectivity index (χ0n) is 10.6. The minimum absolute atomic E-state index is 0.130. The summed E-state index contributed by atoms with van der Waals surface area (Å²) in [6.45, 7) is 1.87. The van der Waals surface area contributed by atoms with E-state index in [1.807, 2.05) is 31.2 Å². The van der Waals surface area contributed by atoms with E-state index in [0.717, 1.165) is 10.6 Å². The monoisotopic (exact) mass is 261 g/mol. The molecular weight excluding hydrogens is 246 g/mol. The van der Waals surface area contributed by atoms with Crippen LogP contribution in [0.2, 0.25) is 0 Å². The number of urea groups is 1. The highest BCUT2D eigenvalue weighted by atomic mass is 16.2. The van der Waals surface area contributed by atoms with Crippen molar-refractivity contribution in [2.24, 2.45) is 0 Å². The number of aryl methyl sites for hydroxylation is 2. The maximum atomic E-state index is 11.6. The number of hydrogen-bond acceptors (Lipinski definition) is 3. The van der Waals surface area contributed by atoms with E-state index in [1.165, 1.54) is 5.56 Å². The SMILES string of the molecule is Cc1ccc(CCC(=O)NN2CC(=O)NC2=O)cc1. The quantitative estimate of drug-likeness (QED) is 0.775. The van der Waals surface area contributed by atoms with Crippen molar-refractivity contribution >= 4 is 17.8 Å². The zero-order chi connectivity index (χ0) is 13.8. The van der Waals surface area contributed by atoms with Gasteiger partial charge in [0, 0.05) is 6.42 Å². The third-order valence-corrected chi connectivity index (χ3v) is 2.81. The van der Waals surface area contributed by atoms with Crippen LogP contribution in [-0.2, 0) is 16.0 Å². The van der Waals surface area contributed by atoms with Gasteiger partial charge in [0.2, 0.25) is 11.8 Å². The predicted octanol–water partition coefficient (Wildman–Crippen LogP) is 0.511. The van der Waals surface area contributed by atoms with Gasteiger partial charge in [0.25, 0.3) is 0 Å². The van der Waals surface area contributed by atoms with Crippen molar-refractivity contribution in [3.05, 3.63) is 35.4 Å². The van der Waals surface area contributed by atoms with Crippen molar-refractivity contribution in [1.29, 1.82) is 0 Å². The number of nitrogens with one attached hydrogen (secondary N) is 2. The number of carbonyl (C=O) groups excluding carboxylic acids is 3. The van der Waals surface area contributed by atoms with Gasteiger partial charge in [-0.2, -0.15) is 0 Å². The Balaban J connectivity index is 1.80. The molecule has 1 aromatic rings. The number of imide groups is 1. The molecule has 19 heavy (non-hydrogen) atoms. The number of hydrogen-bond donors (Lipinski definition) is 2. The highest BCUT2D eigenvalue weighted by Gasteiger charge is 2.27. The molecular formula is C13H15N3O3. The van der Waals surface area contributed by atoms with Crippen LogP contribution in [0.3, 0.4) is 0 Å². The van der Waals surface area contributed by atoms with Crippen LogP contribution in [0, 0.1) is 6.92 Å². The van der Waals surface area contributed by atoms with Gasteiger partial charge in [-0.1, -0.05) is 29.8 Å². The summed E-state index contributed by atoms with van der Waals surface area (Å²) in [4.78, 5) is 33.8. The van der Waals surface area contributed by atoms with E-state index in [0.29, 0.717) is 6.42 Å². The largest absolute Gasteiger partial charge is 0.343 e. The molecule has 100 valence electrons. The summed E-state index contributed by atoms with van der Waals surface area (Å²) in [5.41, 5.74) is 4.63. The lowest BCUT2D eigenvalue weighted by molar-refractivity contribution is -0.125. The van der Waals surface area contributed by atoms with Gasteiger partial charge < -0.3 is 0 Å². The molecule has 1 aliphatic heterocycles. The normalized spacial score (nSPS) is 14.5. The van der Waals surface area contributed by atoms with Crippen LogP contribution in [-0.4, -0.2) is 29.4 Å². The minimum Gasteiger partial charge on any atom is -0.275 e. The maximum absolute atomic E-state index is 11.6. The summed E-state index contributed by atoms with van der Waals surface area (Å²) in [7, 11) is 0. The van der Waals surface area contributed by atoms with Gasteiger partial charge in [-0.25, -0.2) is 9.80 Å². The lowest BCUT2D eigenvalue weighted by atomic mass is 10.1. The molecule has 0 spiro atoms. The zero-order valence-corrected chi connectivity index (χ0v) is 10.6. The Labute approximate surface area is 110 Å². The van der Waals surface area contributed by atoms with Gasteiger partial charge >= 0.3 is 6.03 Å². The molecule has 0 atom stereocenters. The Bertz CT molecular complexity index is 510. The maximum Gasteiger partial charge on any atom is 0.343 e. The van der Waals surface area contributed by atoms with Crippen LogP contribution in [0.1, 0.15) is 17.5 Å². The molecule has 2 rings (SSSR count). The summed E-state index contributed by atoms with van der Waals surface area (Å²) in [5.74, 6) is -0.700. The molecule has 0 unspecified atom stereocenters. The Hall–Kier alpha value is -2.37. The Morgan fingerprint density at radius 2 is 2.00 bits per heavy atom. The minimum atomic E-state index is -0.589. The van der Waals surface area contributed by atoms with Gasteiger partial charge in [-0.3, -0.25) is 20.3 Å². The molecule has 1 aromatic carbocycles. The van der Waals surface area contributed by atoms with Crippen molar-refractivity contribution in [3.8, 4) is 0 Å². The Morgan fingerprint density at radius 3 is 2.58 bits per heavy atom. The van der Waals surface area contributed by atoms with Crippen LogP contribution in [0.25, 0.3) is 0 Å². The molecule has 6 heteroatoms. The van der Waals surface area contributed by atoms with Gasteiger partial charge in [0.1, 0.15) is 6.54 Å². The number of rotatable bonds is 4. The molecule has 0 bridgehead atoms. The predicted molar refractivity (Wildman–Crippen MR) is 67.9 cm³/mol. The molecule has 0 aromatic heterocycles. The lowest BCUT2D eigenvalue weighted by Gasteiger charge is -2.14. The summed E-state index contributed by atoms with van der Waals surface area (Å²) in [5, 5.41) is 3.07. The van der Waals surface area contributed by atoms with Gasteiger partial charge in [-0.15, -0.1) is 0 Å². The van der Waals surface area contributed by atoms with E-state index in [9.17, 15) is 14.4 Å². The lowest BCUT2D eigenvalue weighted by Crippen LogP contribution is -2.44. The molecule has 0 saturated carbocycles. The average Bonchev–Trinajstić information content (AvgIpc) is 2.67. The topological polar surface area (TPSA) is 78.5 Å². The molecule has 1 saturated heterocycles. The van der Waals surface area contributed by atoms with Crippen LogP contribution >= 0.6 is 0 Å². The fraction of sp³-hybridized carbons (Fsp3) is 0.308. The second-order valence-electron chi connectivity index (χ2n) is 4.46. The molecule has 1 fully saturated rings. The number of hydrazine groups is 1. The molecule has 0 aliphatic carbocycles. The second-order valence-corrected chi connectivity index (χ2v) is 4.46. The number of amides is 4. The fourth-order valence-corrected chi connectivity index (χ4v) is 1.75. The molecule has 1 heterocycles. The summed E-state index contributed by atoms with van der Waals surface area (Å²) in [6.07, 6.45) is 0.858. The third-order valence-electron chi connectivity index (χ3n) is 2.81. The summed E-state index contributed by atoms with van der Waals surface area (Å²) < 4.78 is 0. The van der Waals surface area contributed by atoms with E-state index in [-0.39, 0.29) is 18.9 Å². The Morgan fingerprint density at radius 1 is 1.32 bits per heavy atom. The van der Waals surface area contributed by atoms with Crippen LogP contribution < -0.4 is 10.7 Å². The van der Waals surface area contributed by atoms with Crippen LogP contribution in [0.15, 0.2) is 24.3 Å². The molecule has 6 nitrogen and oxygen atoms in total. The number of carbonyl (C=O) groups is 3. The first kappa shape index (κ1) is 13.1. The molecule has 4 amide bonds. The van der Waals surface area contributed by atoms with Gasteiger partial charge in [0.05, 0.1) is 0 Å². The van der Waals surface area contributed by atoms with E-state index in [2.05, 4.69) is 10.7 Å². The first-order chi connectivity index (χ1) is 9.04. The summed E-state index contributed by atoms with van der Waals surface area (Å²) in [6, 6.07) is 7.32. The highest BCUT2D eigenvalue weighted by Crippen LogP contribution is 2.06. The van der Waals surface area contributed by atoms with Crippen molar-refractivity contribution in [2.45, 2.75) is 19.8 Å². The average molecular weight is 261 g/mol. The number of nitrogens with zero attached hydrogens (tertiary/aromatic N) is 1. The summed E-state index contributed by atoms with van der Waals surface area (Å²) >= 11 is 0. The smallest absolute Gasteiger partial charge is 0.275 e. The Kier molecular flexibility index (Phi) is 3.79. The van der Waals surface area contributed by atoms with Crippen molar-refractivity contribution < 1.29 is 14.4 Å². The first-order valence-corrected chi connectivity index (χ1v) is 6.01. The standard InChI is InChI=1S/C13H15N3O3/c1-9-2-4-10(5-3-9)6-7-11(17)15-16-8-12(18)14-13(16)19/h2-5H,6-8H2,1H3,(H,15,17)(H,14,18,19). The fourth-order valence-electron chi connectivity index (χ4n) is 1.75. The van der Waals surface area contributed by atoms with Crippen LogP contribution in [0.5, 0.6) is 0 Å². The van der Waals surface area contributed by atoms with E-state index in [4.69, 9.17) is 0 Å². The number of benzene rings is 1. The van der Waals surface area contributed by atoms with Gasteiger partial charge in [-0.05, 0) is 18.9 Å². The van der Waals surface area contributed by atoms with Crippen LogP contribution in [0.4, 0.5) is 4.79 Å². The van der Waals surface area contributed by atoms with E-state index >= 15 is 0 Å². The molecule has 0 radical (unpaired) electrons. The van der Waals surface area contributed by atoms with Gasteiger partial charge in [0.15, 0.2) is 0 Å².